The smallest absolute Gasteiger partial charge is 0.416 e. The van der Waals surface area contributed by atoms with Gasteiger partial charge in [0, 0.05) is 11.9 Å². The van der Waals surface area contributed by atoms with Gasteiger partial charge in [-0.15, -0.1) is 0 Å². The second kappa shape index (κ2) is 7.41. The van der Waals surface area contributed by atoms with Crippen LogP contribution in [0.3, 0.4) is 0 Å². The molecule has 0 aromatic heterocycles. The maximum absolute atomic E-state index is 15.3. The van der Waals surface area contributed by atoms with Crippen LogP contribution in [0.1, 0.15) is 5.56 Å². The first-order chi connectivity index (χ1) is 13.2. The first-order valence-electron chi connectivity index (χ1n) is 8.01. The van der Waals surface area contributed by atoms with Crippen molar-refractivity contribution in [2.75, 3.05) is 5.32 Å². The van der Waals surface area contributed by atoms with Crippen molar-refractivity contribution >= 4 is 17.8 Å². The summed E-state index contributed by atoms with van der Waals surface area (Å²) in [4.78, 5) is 15.8. The Morgan fingerprint density at radius 1 is 1.11 bits per heavy atom. The minimum atomic E-state index is -4.69. The second-order valence-electron chi connectivity index (χ2n) is 5.85. The molecule has 3 rings (SSSR count). The van der Waals surface area contributed by atoms with Crippen molar-refractivity contribution in [2.45, 2.75) is 12.2 Å². The fraction of sp³-hybridized carbons (Fsp3) is 0.158. The minimum Gasteiger partial charge on any atom is -0.439 e. The Hall–Kier alpha value is -3.23. The number of benzene rings is 2. The van der Waals surface area contributed by atoms with Gasteiger partial charge in [-0.3, -0.25) is 4.79 Å². The first-order valence-corrected chi connectivity index (χ1v) is 8.01. The zero-order valence-electron chi connectivity index (χ0n) is 14.1. The number of para-hydroxylation sites is 1. The number of carbonyl (C=O) groups is 1. The maximum atomic E-state index is 15.3. The minimum absolute atomic E-state index is 0.274. The molecule has 0 saturated heterocycles. The van der Waals surface area contributed by atoms with Gasteiger partial charge in [-0.25, -0.2) is 9.38 Å². The number of halogens is 5. The number of rotatable bonds is 4. The number of ether oxygens (including phenoxy) is 1. The highest BCUT2D eigenvalue weighted by atomic mass is 19.4. The average Bonchev–Trinajstić information content (AvgIpc) is 2.61. The number of alkyl halides is 4. The van der Waals surface area contributed by atoms with Gasteiger partial charge in [-0.2, -0.15) is 17.6 Å². The topological polar surface area (TPSA) is 50.7 Å². The summed E-state index contributed by atoms with van der Waals surface area (Å²) in [6.45, 7) is 0. The van der Waals surface area contributed by atoms with Crippen LogP contribution in [0.2, 0.25) is 0 Å². The highest BCUT2D eigenvalue weighted by Crippen LogP contribution is 2.38. The number of hydrogen-bond acceptors (Lipinski definition) is 3. The molecular formula is C19H13F5N2O2. The zero-order valence-corrected chi connectivity index (χ0v) is 14.1. The van der Waals surface area contributed by atoms with Gasteiger partial charge in [0.1, 0.15) is 11.6 Å². The number of dihydropyridines is 1. The molecule has 1 amide bonds. The van der Waals surface area contributed by atoms with Crippen LogP contribution in [0.25, 0.3) is 0 Å². The standard InChI is InChI=1S/C19H13F5N2O2/c20-15-9-10-25-19(24,16(15)17(27)26-13-6-2-1-3-7-13)28-14-8-4-5-12(11-14)18(21,22)23/h1-11,16H,(H,26,27). The molecule has 2 aromatic rings. The van der Waals surface area contributed by atoms with Crippen molar-refractivity contribution in [3.63, 3.8) is 0 Å². The predicted octanol–water partition coefficient (Wildman–Crippen LogP) is 4.90. The van der Waals surface area contributed by atoms with Gasteiger partial charge < -0.3 is 10.1 Å². The third kappa shape index (κ3) is 4.19. The lowest BCUT2D eigenvalue weighted by molar-refractivity contribution is -0.143. The van der Waals surface area contributed by atoms with E-state index in [0.29, 0.717) is 6.07 Å². The molecule has 0 fully saturated rings. The Morgan fingerprint density at radius 3 is 2.50 bits per heavy atom. The first kappa shape index (κ1) is 19.5. The zero-order chi connectivity index (χ0) is 20.4. The van der Waals surface area contributed by atoms with Crippen LogP contribution >= 0.6 is 0 Å². The summed E-state index contributed by atoms with van der Waals surface area (Å²) >= 11 is 0. The van der Waals surface area contributed by atoms with Crippen LogP contribution in [0.15, 0.2) is 71.5 Å². The molecule has 1 aliphatic heterocycles. The third-order valence-corrected chi connectivity index (χ3v) is 3.84. The van der Waals surface area contributed by atoms with Crippen LogP contribution in [-0.4, -0.2) is 18.1 Å². The van der Waals surface area contributed by atoms with E-state index in [0.717, 1.165) is 30.5 Å². The number of allylic oxidation sites excluding steroid dienone is 1. The number of aliphatic imine (C=N–C) groups is 1. The van der Waals surface area contributed by atoms with Gasteiger partial charge in [0.15, 0.2) is 5.92 Å². The molecule has 1 aliphatic rings. The molecule has 28 heavy (non-hydrogen) atoms. The van der Waals surface area contributed by atoms with E-state index in [1.54, 1.807) is 18.2 Å². The fourth-order valence-electron chi connectivity index (χ4n) is 2.56. The number of amides is 1. The van der Waals surface area contributed by atoms with E-state index in [2.05, 4.69) is 10.3 Å². The van der Waals surface area contributed by atoms with Crippen molar-refractivity contribution in [3.05, 3.63) is 72.1 Å². The quantitative estimate of drug-likeness (QED) is 0.590. The lowest BCUT2D eigenvalue weighted by Crippen LogP contribution is -2.46. The Labute approximate surface area is 156 Å². The lowest BCUT2D eigenvalue weighted by Gasteiger charge is -2.30. The van der Waals surface area contributed by atoms with Crippen LogP contribution in [-0.2, 0) is 11.0 Å². The number of anilines is 1. The van der Waals surface area contributed by atoms with E-state index < -0.39 is 41.1 Å². The molecule has 0 bridgehead atoms. The van der Waals surface area contributed by atoms with E-state index in [-0.39, 0.29) is 5.69 Å². The fourth-order valence-corrected chi connectivity index (χ4v) is 2.56. The van der Waals surface area contributed by atoms with Crippen LogP contribution in [0, 0.1) is 5.92 Å². The largest absolute Gasteiger partial charge is 0.439 e. The normalized spacial score (nSPS) is 21.8. The second-order valence-corrected chi connectivity index (χ2v) is 5.85. The van der Waals surface area contributed by atoms with E-state index in [4.69, 9.17) is 4.74 Å². The van der Waals surface area contributed by atoms with Crippen LogP contribution in [0.5, 0.6) is 5.75 Å². The number of nitrogens with one attached hydrogen (secondary N) is 1. The molecular weight excluding hydrogens is 383 g/mol. The van der Waals surface area contributed by atoms with E-state index in [1.807, 2.05) is 0 Å². The monoisotopic (exact) mass is 396 g/mol. The molecule has 1 N–H and O–H groups in total. The summed E-state index contributed by atoms with van der Waals surface area (Å²) in [5, 5.41) is 2.32. The van der Waals surface area contributed by atoms with Gasteiger partial charge in [-0.05, 0) is 36.4 Å². The Kier molecular flexibility index (Phi) is 5.17. The number of hydrogen-bond donors (Lipinski definition) is 1. The Balaban J connectivity index is 1.88. The molecule has 146 valence electrons. The summed E-state index contributed by atoms with van der Waals surface area (Å²) in [7, 11) is 0. The molecule has 0 saturated carbocycles. The maximum Gasteiger partial charge on any atom is 0.416 e. The highest BCUT2D eigenvalue weighted by molar-refractivity contribution is 5.96. The predicted molar refractivity (Wildman–Crippen MR) is 92.2 cm³/mol. The Bertz CT molecular complexity index is 927. The third-order valence-electron chi connectivity index (χ3n) is 3.84. The summed E-state index contributed by atoms with van der Waals surface area (Å²) in [6, 6.07) is 11.2. The number of carbonyl (C=O) groups excluding carboxylic acids is 1. The van der Waals surface area contributed by atoms with E-state index >= 15 is 4.39 Å². The SMILES string of the molecule is O=C(Nc1ccccc1)C1C(F)=CC=NC1(F)Oc1cccc(C(F)(F)F)c1. The summed E-state index contributed by atoms with van der Waals surface area (Å²) in [6.07, 6.45) is -3.16. The van der Waals surface area contributed by atoms with Crippen molar-refractivity contribution in [2.24, 2.45) is 10.9 Å². The van der Waals surface area contributed by atoms with Crippen LogP contribution in [0.4, 0.5) is 27.6 Å². The lowest BCUT2D eigenvalue weighted by atomic mass is 10.0. The summed E-state index contributed by atoms with van der Waals surface area (Å²) in [5.41, 5.74) is -0.814. The summed E-state index contributed by atoms with van der Waals surface area (Å²) in [5.74, 6) is -8.25. The number of nitrogens with zero attached hydrogens (tertiary/aromatic N) is 1. The molecule has 2 unspecified atom stereocenters. The van der Waals surface area contributed by atoms with Crippen molar-refractivity contribution in [1.29, 1.82) is 0 Å². The molecule has 9 heteroatoms. The van der Waals surface area contributed by atoms with Gasteiger partial charge in [0.05, 0.1) is 5.56 Å². The van der Waals surface area contributed by atoms with Crippen molar-refractivity contribution in [1.82, 2.24) is 0 Å². The molecule has 0 aliphatic carbocycles. The van der Waals surface area contributed by atoms with E-state index in [9.17, 15) is 22.4 Å². The van der Waals surface area contributed by atoms with Gasteiger partial charge in [0.2, 0.25) is 5.91 Å². The molecule has 2 atom stereocenters. The van der Waals surface area contributed by atoms with Gasteiger partial charge in [-0.1, -0.05) is 24.3 Å². The average molecular weight is 396 g/mol. The van der Waals surface area contributed by atoms with E-state index in [1.165, 1.54) is 12.1 Å². The molecule has 4 nitrogen and oxygen atoms in total. The molecule has 0 radical (unpaired) electrons. The molecule has 0 spiro atoms. The van der Waals surface area contributed by atoms with Crippen LogP contribution < -0.4 is 10.1 Å². The highest BCUT2D eigenvalue weighted by Gasteiger charge is 2.51. The Morgan fingerprint density at radius 2 is 1.82 bits per heavy atom. The van der Waals surface area contributed by atoms with Crippen molar-refractivity contribution < 1.29 is 31.5 Å². The van der Waals surface area contributed by atoms with Crippen molar-refractivity contribution in [3.8, 4) is 5.75 Å². The molecule has 1 heterocycles. The van der Waals surface area contributed by atoms with Gasteiger partial charge in [0.25, 0.3) is 0 Å². The molecule has 2 aromatic carbocycles. The van der Waals surface area contributed by atoms with Gasteiger partial charge >= 0.3 is 12.2 Å². The summed E-state index contributed by atoms with van der Waals surface area (Å²) < 4.78 is 73.0.